The SMILES string of the molecule is CC(C)NC(=O)COC(=O)c1ccc(CSc2nc3ccccc3s2)cc1. The van der Waals surface area contributed by atoms with Crippen molar-refractivity contribution in [1.82, 2.24) is 10.3 Å². The fraction of sp³-hybridized carbons (Fsp3) is 0.250. The van der Waals surface area contributed by atoms with Crippen LogP contribution in [0.1, 0.15) is 29.8 Å². The summed E-state index contributed by atoms with van der Waals surface area (Å²) in [5.41, 5.74) is 2.54. The highest BCUT2D eigenvalue weighted by Crippen LogP contribution is 2.31. The molecule has 3 aromatic rings. The summed E-state index contributed by atoms with van der Waals surface area (Å²) < 4.78 is 7.23. The monoisotopic (exact) mass is 400 g/mol. The van der Waals surface area contributed by atoms with Crippen molar-refractivity contribution in [3.05, 3.63) is 59.7 Å². The number of rotatable bonds is 7. The molecule has 3 rings (SSSR count). The first kappa shape index (κ1) is 19.4. The maximum Gasteiger partial charge on any atom is 0.338 e. The Hall–Kier alpha value is -2.38. The van der Waals surface area contributed by atoms with Gasteiger partial charge in [-0.2, -0.15) is 0 Å². The van der Waals surface area contributed by atoms with E-state index in [4.69, 9.17) is 4.74 Å². The average molecular weight is 401 g/mol. The number of hydrogen-bond donors (Lipinski definition) is 1. The third-order valence-electron chi connectivity index (χ3n) is 3.61. The Kier molecular flexibility index (Phi) is 6.47. The van der Waals surface area contributed by atoms with Gasteiger partial charge in [0.05, 0.1) is 15.8 Å². The summed E-state index contributed by atoms with van der Waals surface area (Å²) in [5.74, 6) is -0.0344. The number of amides is 1. The molecule has 0 atom stereocenters. The van der Waals surface area contributed by atoms with Crippen LogP contribution in [-0.2, 0) is 15.3 Å². The van der Waals surface area contributed by atoms with E-state index in [2.05, 4.69) is 16.4 Å². The third-order valence-corrected chi connectivity index (χ3v) is 5.86. The minimum absolute atomic E-state index is 0.0170. The zero-order valence-electron chi connectivity index (χ0n) is 15.1. The van der Waals surface area contributed by atoms with Crippen molar-refractivity contribution >= 4 is 45.2 Å². The van der Waals surface area contributed by atoms with Gasteiger partial charge in [-0.1, -0.05) is 36.0 Å². The Balaban J connectivity index is 1.52. The van der Waals surface area contributed by atoms with Gasteiger partial charge in [0.1, 0.15) is 0 Å². The lowest BCUT2D eigenvalue weighted by molar-refractivity contribution is -0.124. The second kappa shape index (κ2) is 9.01. The van der Waals surface area contributed by atoms with E-state index in [-0.39, 0.29) is 18.6 Å². The largest absolute Gasteiger partial charge is 0.452 e. The van der Waals surface area contributed by atoms with Gasteiger partial charge < -0.3 is 10.1 Å². The molecule has 0 bridgehead atoms. The standard InChI is InChI=1S/C20H20N2O3S2/c1-13(2)21-18(23)11-25-19(24)15-9-7-14(8-10-15)12-26-20-22-16-5-3-4-6-17(16)27-20/h3-10,13H,11-12H2,1-2H3,(H,21,23). The first-order chi connectivity index (χ1) is 13.0. The predicted octanol–water partition coefficient (Wildman–Crippen LogP) is 4.27. The lowest BCUT2D eigenvalue weighted by Gasteiger charge is -2.09. The van der Waals surface area contributed by atoms with Gasteiger partial charge in [0.25, 0.3) is 5.91 Å². The minimum atomic E-state index is -0.501. The highest BCUT2D eigenvalue weighted by atomic mass is 32.2. The first-order valence-electron chi connectivity index (χ1n) is 8.55. The van der Waals surface area contributed by atoms with Crippen LogP contribution in [0.2, 0.25) is 0 Å². The second-order valence-electron chi connectivity index (χ2n) is 6.23. The molecule has 0 saturated carbocycles. The molecule has 1 amide bonds. The van der Waals surface area contributed by atoms with Crippen molar-refractivity contribution in [3.8, 4) is 0 Å². The number of benzene rings is 2. The van der Waals surface area contributed by atoms with Crippen LogP contribution in [0, 0.1) is 0 Å². The van der Waals surface area contributed by atoms with Gasteiger partial charge in [0.15, 0.2) is 10.9 Å². The van der Waals surface area contributed by atoms with E-state index in [1.54, 1.807) is 35.2 Å². The van der Waals surface area contributed by atoms with Crippen LogP contribution >= 0.6 is 23.1 Å². The lowest BCUT2D eigenvalue weighted by atomic mass is 10.1. The van der Waals surface area contributed by atoms with Crippen LogP contribution in [0.4, 0.5) is 0 Å². The van der Waals surface area contributed by atoms with Crippen LogP contribution < -0.4 is 5.32 Å². The third kappa shape index (κ3) is 5.55. The second-order valence-corrected chi connectivity index (χ2v) is 8.48. The molecule has 1 N–H and O–H groups in total. The lowest BCUT2D eigenvalue weighted by Crippen LogP contribution is -2.33. The molecule has 7 heteroatoms. The van der Waals surface area contributed by atoms with Crippen molar-refractivity contribution in [1.29, 1.82) is 0 Å². The van der Waals surface area contributed by atoms with Gasteiger partial charge in [0, 0.05) is 11.8 Å². The first-order valence-corrected chi connectivity index (χ1v) is 10.4. The summed E-state index contributed by atoms with van der Waals surface area (Å²) in [6.07, 6.45) is 0. The molecular formula is C20H20N2O3S2. The maximum absolute atomic E-state index is 12.0. The minimum Gasteiger partial charge on any atom is -0.452 e. The molecule has 1 aromatic heterocycles. The summed E-state index contributed by atoms with van der Waals surface area (Å²) in [5, 5.41) is 2.68. The van der Waals surface area contributed by atoms with Gasteiger partial charge >= 0.3 is 5.97 Å². The van der Waals surface area contributed by atoms with E-state index in [1.165, 1.54) is 4.70 Å². The molecule has 0 aliphatic rings. The molecule has 5 nitrogen and oxygen atoms in total. The maximum atomic E-state index is 12.0. The Morgan fingerprint density at radius 1 is 1.15 bits per heavy atom. The van der Waals surface area contributed by atoms with Crippen molar-refractivity contribution in [2.75, 3.05) is 6.61 Å². The quantitative estimate of drug-likeness (QED) is 0.474. The Bertz CT molecular complexity index is 903. The van der Waals surface area contributed by atoms with Crippen LogP contribution in [0.25, 0.3) is 10.2 Å². The number of para-hydroxylation sites is 1. The molecule has 0 unspecified atom stereocenters. The molecule has 0 saturated heterocycles. The smallest absolute Gasteiger partial charge is 0.338 e. The molecule has 27 heavy (non-hydrogen) atoms. The number of hydrogen-bond acceptors (Lipinski definition) is 6. The Morgan fingerprint density at radius 2 is 1.89 bits per heavy atom. The zero-order chi connectivity index (χ0) is 19.2. The van der Waals surface area contributed by atoms with E-state index >= 15 is 0 Å². The Labute approximate surface area is 166 Å². The Morgan fingerprint density at radius 3 is 2.59 bits per heavy atom. The number of carbonyl (C=O) groups excluding carboxylic acids is 2. The van der Waals surface area contributed by atoms with Crippen LogP contribution in [0.5, 0.6) is 0 Å². The summed E-state index contributed by atoms with van der Waals surface area (Å²) >= 11 is 3.35. The molecule has 0 aliphatic heterocycles. The number of esters is 1. The molecule has 1 heterocycles. The molecule has 0 spiro atoms. The van der Waals surface area contributed by atoms with Crippen molar-refractivity contribution in [3.63, 3.8) is 0 Å². The van der Waals surface area contributed by atoms with Crippen molar-refractivity contribution in [2.24, 2.45) is 0 Å². The number of aromatic nitrogens is 1. The fourth-order valence-corrected chi connectivity index (χ4v) is 4.40. The van der Waals surface area contributed by atoms with Crippen molar-refractivity contribution in [2.45, 2.75) is 30.0 Å². The number of thioether (sulfide) groups is 1. The van der Waals surface area contributed by atoms with Gasteiger partial charge in [-0.25, -0.2) is 9.78 Å². The number of carbonyl (C=O) groups is 2. The summed E-state index contributed by atoms with van der Waals surface area (Å²) in [7, 11) is 0. The highest BCUT2D eigenvalue weighted by molar-refractivity contribution is 8.00. The van der Waals surface area contributed by atoms with Gasteiger partial charge in [0.2, 0.25) is 0 Å². The van der Waals surface area contributed by atoms with Gasteiger partial charge in [-0.15, -0.1) is 11.3 Å². The van der Waals surface area contributed by atoms with Crippen LogP contribution in [0.15, 0.2) is 52.9 Å². The molecule has 140 valence electrons. The number of nitrogens with zero attached hydrogens (tertiary/aromatic N) is 1. The van der Waals surface area contributed by atoms with E-state index < -0.39 is 5.97 Å². The molecule has 0 aliphatic carbocycles. The number of ether oxygens (including phenoxy) is 1. The molecule has 2 aromatic carbocycles. The highest BCUT2D eigenvalue weighted by Gasteiger charge is 2.11. The fourth-order valence-electron chi connectivity index (χ4n) is 2.37. The van der Waals surface area contributed by atoms with Crippen molar-refractivity contribution < 1.29 is 14.3 Å². The van der Waals surface area contributed by atoms with E-state index in [0.717, 1.165) is 21.2 Å². The molecule has 0 radical (unpaired) electrons. The van der Waals surface area contributed by atoms with Gasteiger partial charge in [-0.3, -0.25) is 4.79 Å². The molecule has 0 fully saturated rings. The normalized spacial score (nSPS) is 10.9. The number of fused-ring (bicyclic) bond motifs is 1. The number of nitrogens with one attached hydrogen (secondary N) is 1. The summed E-state index contributed by atoms with van der Waals surface area (Å²) in [6.45, 7) is 3.43. The zero-order valence-corrected chi connectivity index (χ0v) is 16.7. The summed E-state index contributed by atoms with van der Waals surface area (Å²) in [6, 6.07) is 15.3. The van der Waals surface area contributed by atoms with E-state index in [9.17, 15) is 9.59 Å². The topological polar surface area (TPSA) is 68.3 Å². The van der Waals surface area contributed by atoms with Crippen LogP contribution in [-0.4, -0.2) is 29.5 Å². The van der Waals surface area contributed by atoms with E-state index in [0.29, 0.717) is 5.56 Å². The van der Waals surface area contributed by atoms with E-state index in [1.807, 2.05) is 44.2 Å². The summed E-state index contributed by atoms with van der Waals surface area (Å²) in [4.78, 5) is 28.1. The number of thiazole rings is 1. The van der Waals surface area contributed by atoms with Gasteiger partial charge in [-0.05, 0) is 43.7 Å². The van der Waals surface area contributed by atoms with Crippen LogP contribution in [0.3, 0.4) is 0 Å². The molecular weight excluding hydrogens is 380 g/mol. The average Bonchev–Trinajstić information content (AvgIpc) is 3.07. The predicted molar refractivity (Wildman–Crippen MR) is 109 cm³/mol.